The van der Waals surface area contributed by atoms with Crippen LogP contribution in [0.2, 0.25) is 0 Å². The Labute approximate surface area is 117 Å². The fourth-order valence-electron chi connectivity index (χ4n) is 4.49. The lowest BCUT2D eigenvalue weighted by molar-refractivity contribution is -0.0622. The normalized spacial score (nSPS) is 35.8. The highest BCUT2D eigenvalue weighted by Crippen LogP contribution is 2.46. The maximum atomic E-state index is 9.77. The SMILES string of the molecule is OCC1(CN2CCC3(CCCC3)CC2)CCCOC1. The van der Waals surface area contributed by atoms with Crippen molar-refractivity contribution in [2.24, 2.45) is 10.8 Å². The van der Waals surface area contributed by atoms with Crippen LogP contribution in [0.4, 0.5) is 0 Å². The van der Waals surface area contributed by atoms with Gasteiger partial charge in [-0.25, -0.2) is 0 Å². The van der Waals surface area contributed by atoms with Crippen molar-refractivity contribution >= 4 is 0 Å². The number of aliphatic hydroxyl groups excluding tert-OH is 1. The number of rotatable bonds is 3. The van der Waals surface area contributed by atoms with Crippen molar-refractivity contribution in [1.82, 2.24) is 4.90 Å². The highest BCUT2D eigenvalue weighted by molar-refractivity contribution is 4.92. The molecule has 110 valence electrons. The predicted molar refractivity (Wildman–Crippen MR) is 76.1 cm³/mol. The Balaban J connectivity index is 1.53. The molecule has 0 bridgehead atoms. The monoisotopic (exact) mass is 267 g/mol. The fraction of sp³-hybridized carbons (Fsp3) is 1.00. The van der Waals surface area contributed by atoms with E-state index in [2.05, 4.69) is 4.90 Å². The highest BCUT2D eigenvalue weighted by atomic mass is 16.5. The minimum atomic E-state index is 0.0262. The molecular weight excluding hydrogens is 238 g/mol. The lowest BCUT2D eigenvalue weighted by Crippen LogP contribution is -2.49. The maximum absolute atomic E-state index is 9.77. The summed E-state index contributed by atoms with van der Waals surface area (Å²) in [5.41, 5.74) is 0.727. The zero-order chi connectivity index (χ0) is 13.2. The lowest BCUT2D eigenvalue weighted by atomic mass is 9.76. The minimum absolute atomic E-state index is 0.0262. The molecule has 2 saturated heterocycles. The first-order valence-corrected chi connectivity index (χ1v) is 8.17. The molecule has 0 radical (unpaired) electrons. The molecular formula is C16H29NO2. The van der Waals surface area contributed by atoms with Crippen molar-refractivity contribution in [3.05, 3.63) is 0 Å². The Kier molecular flexibility index (Phi) is 4.16. The molecule has 0 aromatic rings. The van der Waals surface area contributed by atoms with E-state index in [-0.39, 0.29) is 12.0 Å². The van der Waals surface area contributed by atoms with Gasteiger partial charge in [-0.3, -0.25) is 0 Å². The standard InChI is InChI=1S/C16H29NO2/c18-13-16(6-3-11-19-14-16)12-17-9-7-15(8-10-17)4-1-2-5-15/h18H,1-14H2. The summed E-state index contributed by atoms with van der Waals surface area (Å²) in [6.45, 7) is 5.44. The molecule has 0 amide bonds. The third-order valence-corrected chi connectivity index (χ3v) is 5.88. The quantitative estimate of drug-likeness (QED) is 0.852. The fourth-order valence-corrected chi connectivity index (χ4v) is 4.49. The summed E-state index contributed by atoms with van der Waals surface area (Å²) in [5, 5.41) is 9.77. The summed E-state index contributed by atoms with van der Waals surface area (Å²) in [6.07, 6.45) is 10.8. The van der Waals surface area contributed by atoms with Gasteiger partial charge in [-0.2, -0.15) is 0 Å². The first-order chi connectivity index (χ1) is 9.26. The minimum Gasteiger partial charge on any atom is -0.396 e. The largest absolute Gasteiger partial charge is 0.396 e. The summed E-state index contributed by atoms with van der Waals surface area (Å²) in [5.74, 6) is 0. The number of likely N-dealkylation sites (tertiary alicyclic amines) is 1. The molecule has 1 saturated carbocycles. The van der Waals surface area contributed by atoms with Gasteiger partial charge < -0.3 is 14.7 Å². The summed E-state index contributed by atoms with van der Waals surface area (Å²) < 4.78 is 5.62. The van der Waals surface area contributed by atoms with E-state index < -0.39 is 0 Å². The molecule has 3 nitrogen and oxygen atoms in total. The number of aliphatic hydroxyl groups is 1. The zero-order valence-corrected chi connectivity index (χ0v) is 12.2. The van der Waals surface area contributed by atoms with Gasteiger partial charge >= 0.3 is 0 Å². The van der Waals surface area contributed by atoms with Crippen LogP contribution >= 0.6 is 0 Å². The van der Waals surface area contributed by atoms with Gasteiger partial charge in [-0.1, -0.05) is 12.8 Å². The number of hydrogen-bond acceptors (Lipinski definition) is 3. The summed E-state index contributed by atoms with van der Waals surface area (Å²) in [4.78, 5) is 2.59. The maximum Gasteiger partial charge on any atom is 0.0556 e. The van der Waals surface area contributed by atoms with Crippen molar-refractivity contribution in [1.29, 1.82) is 0 Å². The van der Waals surface area contributed by atoms with Crippen LogP contribution in [-0.2, 0) is 4.74 Å². The average Bonchev–Trinajstić information content (AvgIpc) is 2.91. The first kappa shape index (κ1) is 13.8. The molecule has 1 aliphatic carbocycles. The van der Waals surface area contributed by atoms with Crippen molar-refractivity contribution < 1.29 is 9.84 Å². The second-order valence-corrected chi connectivity index (χ2v) is 7.30. The Morgan fingerprint density at radius 2 is 1.68 bits per heavy atom. The average molecular weight is 267 g/mol. The van der Waals surface area contributed by atoms with E-state index in [1.165, 1.54) is 51.6 Å². The van der Waals surface area contributed by atoms with Gasteiger partial charge in [0.05, 0.1) is 13.2 Å². The zero-order valence-electron chi connectivity index (χ0n) is 12.2. The lowest BCUT2D eigenvalue weighted by Gasteiger charge is -2.44. The topological polar surface area (TPSA) is 32.7 Å². The van der Waals surface area contributed by atoms with E-state index in [0.717, 1.165) is 32.6 Å². The van der Waals surface area contributed by atoms with Crippen LogP contribution in [0.25, 0.3) is 0 Å². The Bertz CT molecular complexity index is 283. The molecule has 0 aromatic heterocycles. The van der Waals surface area contributed by atoms with Crippen molar-refractivity contribution in [3.63, 3.8) is 0 Å². The summed E-state index contributed by atoms with van der Waals surface area (Å²) >= 11 is 0. The van der Waals surface area contributed by atoms with Crippen LogP contribution in [0.15, 0.2) is 0 Å². The van der Waals surface area contributed by atoms with Crippen LogP contribution in [-0.4, -0.2) is 49.5 Å². The van der Waals surface area contributed by atoms with Crippen LogP contribution < -0.4 is 0 Å². The van der Waals surface area contributed by atoms with E-state index in [9.17, 15) is 5.11 Å². The summed E-state index contributed by atoms with van der Waals surface area (Å²) in [6, 6.07) is 0. The van der Waals surface area contributed by atoms with Crippen LogP contribution in [0.3, 0.4) is 0 Å². The molecule has 1 spiro atoms. The predicted octanol–water partition coefficient (Wildman–Crippen LogP) is 2.43. The molecule has 2 aliphatic heterocycles. The van der Waals surface area contributed by atoms with Gasteiger partial charge in [0.1, 0.15) is 0 Å². The van der Waals surface area contributed by atoms with Crippen LogP contribution in [0, 0.1) is 10.8 Å². The number of ether oxygens (including phenoxy) is 1. The van der Waals surface area contributed by atoms with Gasteiger partial charge in [0.15, 0.2) is 0 Å². The Morgan fingerprint density at radius 1 is 0.947 bits per heavy atom. The Hall–Kier alpha value is -0.120. The molecule has 0 aromatic carbocycles. The molecule has 2 heterocycles. The third-order valence-electron chi connectivity index (χ3n) is 5.88. The third kappa shape index (κ3) is 2.98. The van der Waals surface area contributed by atoms with Crippen molar-refractivity contribution in [2.75, 3.05) is 39.5 Å². The first-order valence-electron chi connectivity index (χ1n) is 8.17. The van der Waals surface area contributed by atoms with E-state index >= 15 is 0 Å². The summed E-state index contributed by atoms with van der Waals surface area (Å²) in [7, 11) is 0. The molecule has 1 N–H and O–H groups in total. The highest BCUT2D eigenvalue weighted by Gasteiger charge is 2.40. The van der Waals surface area contributed by atoms with Gasteiger partial charge in [0.25, 0.3) is 0 Å². The van der Waals surface area contributed by atoms with Crippen LogP contribution in [0.5, 0.6) is 0 Å². The number of piperidine rings is 1. The number of hydrogen-bond donors (Lipinski definition) is 1. The molecule has 19 heavy (non-hydrogen) atoms. The number of nitrogens with zero attached hydrogens (tertiary/aromatic N) is 1. The van der Waals surface area contributed by atoms with E-state index in [0.29, 0.717) is 5.41 Å². The van der Waals surface area contributed by atoms with Gasteiger partial charge in [0.2, 0.25) is 0 Å². The molecule has 1 atom stereocenters. The molecule has 3 fully saturated rings. The second kappa shape index (κ2) is 5.71. The van der Waals surface area contributed by atoms with Crippen molar-refractivity contribution in [2.45, 2.75) is 51.4 Å². The van der Waals surface area contributed by atoms with E-state index in [1.807, 2.05) is 0 Å². The van der Waals surface area contributed by atoms with E-state index in [4.69, 9.17) is 4.74 Å². The molecule has 3 aliphatic rings. The Morgan fingerprint density at radius 3 is 2.26 bits per heavy atom. The molecule has 3 heteroatoms. The van der Waals surface area contributed by atoms with Gasteiger partial charge in [0, 0.05) is 18.6 Å². The van der Waals surface area contributed by atoms with Crippen molar-refractivity contribution in [3.8, 4) is 0 Å². The van der Waals surface area contributed by atoms with Gasteiger partial charge in [-0.15, -0.1) is 0 Å². The second-order valence-electron chi connectivity index (χ2n) is 7.30. The molecule has 3 rings (SSSR count). The van der Waals surface area contributed by atoms with Gasteiger partial charge in [-0.05, 0) is 57.0 Å². The van der Waals surface area contributed by atoms with E-state index in [1.54, 1.807) is 0 Å². The van der Waals surface area contributed by atoms with Crippen LogP contribution in [0.1, 0.15) is 51.4 Å². The molecule has 1 unspecified atom stereocenters. The smallest absolute Gasteiger partial charge is 0.0556 e.